The normalized spacial score (nSPS) is 23.4. The van der Waals surface area contributed by atoms with Crippen LogP contribution in [0.2, 0.25) is 0 Å². The molecule has 2 fully saturated rings. The van der Waals surface area contributed by atoms with E-state index in [2.05, 4.69) is 17.1 Å². The first-order valence-corrected chi connectivity index (χ1v) is 7.21. The second kappa shape index (κ2) is 5.85. The zero-order valence-electron chi connectivity index (χ0n) is 11.1. The largest absolute Gasteiger partial charge is 0.351 e. The van der Waals surface area contributed by atoms with Crippen molar-refractivity contribution >= 4 is 5.91 Å². The van der Waals surface area contributed by atoms with Gasteiger partial charge in [-0.05, 0) is 65.1 Å². The number of hydrogen-bond acceptors (Lipinski definition) is 2. The van der Waals surface area contributed by atoms with Crippen LogP contribution in [0.1, 0.15) is 58.3 Å². The van der Waals surface area contributed by atoms with Gasteiger partial charge in [0.2, 0.25) is 5.91 Å². The number of rotatable bonds is 6. The molecule has 1 saturated carbocycles. The van der Waals surface area contributed by atoms with Gasteiger partial charge in [-0.3, -0.25) is 4.79 Å². The summed E-state index contributed by atoms with van der Waals surface area (Å²) in [6, 6.07) is 0. The Morgan fingerprint density at radius 1 is 1.18 bits per heavy atom. The first-order chi connectivity index (χ1) is 8.18. The minimum Gasteiger partial charge on any atom is -0.351 e. The second-order valence-electron chi connectivity index (χ2n) is 5.97. The van der Waals surface area contributed by atoms with Crippen LogP contribution in [0.4, 0.5) is 0 Å². The number of likely N-dealkylation sites (tertiary alicyclic amines) is 1. The van der Waals surface area contributed by atoms with Gasteiger partial charge in [0.25, 0.3) is 0 Å². The summed E-state index contributed by atoms with van der Waals surface area (Å²) in [6.45, 7) is 5.86. The van der Waals surface area contributed by atoms with E-state index in [4.69, 9.17) is 0 Å². The van der Waals surface area contributed by atoms with E-state index in [1.54, 1.807) is 0 Å². The third kappa shape index (κ3) is 4.66. The van der Waals surface area contributed by atoms with Crippen LogP contribution < -0.4 is 5.32 Å². The lowest BCUT2D eigenvalue weighted by Gasteiger charge is -2.26. The maximum absolute atomic E-state index is 11.6. The van der Waals surface area contributed by atoms with Crippen molar-refractivity contribution in [2.45, 2.75) is 63.8 Å². The predicted octanol–water partition coefficient (Wildman–Crippen LogP) is 2.31. The lowest BCUT2D eigenvalue weighted by atomic mass is 10.1. The monoisotopic (exact) mass is 238 g/mol. The van der Waals surface area contributed by atoms with Crippen LogP contribution in [0.3, 0.4) is 0 Å². The third-order valence-electron chi connectivity index (χ3n) is 4.02. The van der Waals surface area contributed by atoms with Gasteiger partial charge in [-0.15, -0.1) is 0 Å². The standard InChI is InChI=1S/C14H26N2O/c1-14(8-9-14)15-13(17)7-3-6-12-16-10-4-2-5-11-16/h2-12H2,1H3,(H,15,17). The summed E-state index contributed by atoms with van der Waals surface area (Å²) < 4.78 is 0. The van der Waals surface area contributed by atoms with E-state index < -0.39 is 0 Å². The van der Waals surface area contributed by atoms with E-state index in [9.17, 15) is 4.79 Å². The fourth-order valence-electron chi connectivity index (χ4n) is 2.52. The molecule has 0 aromatic rings. The van der Waals surface area contributed by atoms with Gasteiger partial charge in [0.15, 0.2) is 0 Å². The quantitative estimate of drug-likeness (QED) is 0.720. The lowest BCUT2D eigenvalue weighted by Crippen LogP contribution is -2.34. The van der Waals surface area contributed by atoms with Crippen molar-refractivity contribution in [3.8, 4) is 0 Å². The van der Waals surface area contributed by atoms with Gasteiger partial charge in [-0.1, -0.05) is 6.42 Å². The highest BCUT2D eigenvalue weighted by atomic mass is 16.1. The van der Waals surface area contributed by atoms with Crippen LogP contribution in [0.5, 0.6) is 0 Å². The Balaban J connectivity index is 1.49. The average Bonchev–Trinajstić information content (AvgIpc) is 3.04. The van der Waals surface area contributed by atoms with E-state index in [1.165, 1.54) is 45.3 Å². The maximum atomic E-state index is 11.6. The van der Waals surface area contributed by atoms with Crippen molar-refractivity contribution in [2.75, 3.05) is 19.6 Å². The molecular formula is C14H26N2O. The molecule has 0 bridgehead atoms. The zero-order valence-corrected chi connectivity index (χ0v) is 11.1. The lowest BCUT2D eigenvalue weighted by molar-refractivity contribution is -0.122. The summed E-state index contributed by atoms with van der Waals surface area (Å²) in [7, 11) is 0. The average molecular weight is 238 g/mol. The van der Waals surface area contributed by atoms with Crippen molar-refractivity contribution in [3.05, 3.63) is 0 Å². The highest BCUT2D eigenvalue weighted by molar-refractivity contribution is 5.77. The molecule has 2 rings (SSSR count). The first kappa shape index (κ1) is 12.9. The van der Waals surface area contributed by atoms with Gasteiger partial charge in [-0.25, -0.2) is 0 Å². The second-order valence-corrected chi connectivity index (χ2v) is 5.97. The molecule has 0 aromatic heterocycles. The zero-order chi connectivity index (χ0) is 12.1. The van der Waals surface area contributed by atoms with Gasteiger partial charge >= 0.3 is 0 Å². The van der Waals surface area contributed by atoms with Crippen LogP contribution >= 0.6 is 0 Å². The van der Waals surface area contributed by atoms with Gasteiger partial charge in [-0.2, -0.15) is 0 Å². The Morgan fingerprint density at radius 2 is 1.88 bits per heavy atom. The van der Waals surface area contributed by atoms with Gasteiger partial charge in [0.1, 0.15) is 0 Å². The minimum absolute atomic E-state index is 0.157. The Labute approximate surface area is 105 Å². The van der Waals surface area contributed by atoms with Crippen LogP contribution in [-0.4, -0.2) is 36.0 Å². The number of nitrogens with zero attached hydrogens (tertiary/aromatic N) is 1. The number of nitrogens with one attached hydrogen (secondary N) is 1. The molecule has 3 heteroatoms. The Bertz CT molecular complexity index is 255. The summed E-state index contributed by atoms with van der Waals surface area (Å²) in [4.78, 5) is 14.2. The van der Waals surface area contributed by atoms with Crippen molar-refractivity contribution in [1.82, 2.24) is 10.2 Å². The molecule has 1 aliphatic carbocycles. The molecule has 1 saturated heterocycles. The number of carbonyl (C=O) groups is 1. The predicted molar refractivity (Wildman–Crippen MR) is 69.9 cm³/mol. The van der Waals surface area contributed by atoms with Crippen molar-refractivity contribution in [1.29, 1.82) is 0 Å². The maximum Gasteiger partial charge on any atom is 0.220 e. The molecule has 1 amide bonds. The van der Waals surface area contributed by atoms with Crippen molar-refractivity contribution < 1.29 is 4.79 Å². The fourth-order valence-corrected chi connectivity index (χ4v) is 2.52. The number of carbonyl (C=O) groups excluding carboxylic acids is 1. The topological polar surface area (TPSA) is 32.3 Å². The molecule has 0 unspecified atom stereocenters. The molecule has 0 atom stereocenters. The SMILES string of the molecule is CC1(NC(=O)CCCCN2CCCCC2)CC1. The summed E-state index contributed by atoms with van der Waals surface area (Å²) in [5, 5.41) is 3.12. The molecule has 1 N–H and O–H groups in total. The molecule has 2 aliphatic rings. The Morgan fingerprint density at radius 3 is 2.53 bits per heavy atom. The Kier molecular flexibility index (Phi) is 4.43. The van der Waals surface area contributed by atoms with Crippen molar-refractivity contribution in [3.63, 3.8) is 0 Å². The smallest absolute Gasteiger partial charge is 0.220 e. The molecule has 0 aromatic carbocycles. The number of unbranched alkanes of at least 4 members (excludes halogenated alkanes) is 1. The number of piperidine rings is 1. The molecular weight excluding hydrogens is 212 g/mol. The van der Waals surface area contributed by atoms with E-state index in [-0.39, 0.29) is 11.4 Å². The summed E-state index contributed by atoms with van der Waals surface area (Å²) in [6.07, 6.45) is 9.36. The van der Waals surface area contributed by atoms with E-state index in [1.807, 2.05) is 0 Å². The summed E-state index contributed by atoms with van der Waals surface area (Å²) in [5.74, 6) is 0.253. The van der Waals surface area contributed by atoms with Crippen LogP contribution in [0.15, 0.2) is 0 Å². The van der Waals surface area contributed by atoms with E-state index >= 15 is 0 Å². The summed E-state index contributed by atoms with van der Waals surface area (Å²) >= 11 is 0. The number of hydrogen-bond donors (Lipinski definition) is 1. The fraction of sp³-hybridized carbons (Fsp3) is 0.929. The van der Waals surface area contributed by atoms with Gasteiger partial charge < -0.3 is 10.2 Å². The Hall–Kier alpha value is -0.570. The molecule has 0 spiro atoms. The highest BCUT2D eigenvalue weighted by Crippen LogP contribution is 2.34. The van der Waals surface area contributed by atoms with Gasteiger partial charge in [0, 0.05) is 12.0 Å². The molecule has 1 aliphatic heterocycles. The first-order valence-electron chi connectivity index (χ1n) is 7.21. The van der Waals surface area contributed by atoms with Crippen LogP contribution in [-0.2, 0) is 4.79 Å². The molecule has 17 heavy (non-hydrogen) atoms. The van der Waals surface area contributed by atoms with Crippen molar-refractivity contribution in [2.24, 2.45) is 0 Å². The van der Waals surface area contributed by atoms with Gasteiger partial charge in [0.05, 0.1) is 0 Å². The van der Waals surface area contributed by atoms with E-state index in [0.29, 0.717) is 6.42 Å². The molecule has 1 heterocycles. The highest BCUT2D eigenvalue weighted by Gasteiger charge is 2.38. The number of amides is 1. The van der Waals surface area contributed by atoms with Crippen LogP contribution in [0.25, 0.3) is 0 Å². The molecule has 3 nitrogen and oxygen atoms in total. The third-order valence-corrected chi connectivity index (χ3v) is 4.02. The molecule has 98 valence electrons. The molecule has 0 radical (unpaired) electrons. The van der Waals surface area contributed by atoms with E-state index in [0.717, 1.165) is 19.3 Å². The minimum atomic E-state index is 0.157. The summed E-state index contributed by atoms with van der Waals surface area (Å²) in [5.41, 5.74) is 0.157. The van der Waals surface area contributed by atoms with Crippen LogP contribution in [0, 0.1) is 0 Å².